The highest BCUT2D eigenvalue weighted by atomic mass is 35.5. The molecule has 1 fully saturated rings. The summed E-state index contributed by atoms with van der Waals surface area (Å²) in [4.78, 5) is 14.3. The molecule has 2 rings (SSSR count). The molecule has 1 aromatic carbocycles. The summed E-state index contributed by atoms with van der Waals surface area (Å²) in [5.74, 6) is -0.333. The van der Waals surface area contributed by atoms with Gasteiger partial charge in [0, 0.05) is 5.02 Å². The molecule has 0 bridgehead atoms. The minimum absolute atomic E-state index is 0.108. The number of nitriles is 1. The molecular weight excluding hydrogens is 323 g/mol. The van der Waals surface area contributed by atoms with Crippen molar-refractivity contribution in [3.63, 3.8) is 0 Å². The SMILES string of the molecule is CCOC(=O)C[C@H](NCl)c1cc(Cl)cc(C2(C#N)CCC2)c1. The molecule has 118 valence electrons. The number of rotatable bonds is 6. The van der Waals surface area contributed by atoms with Crippen LogP contribution in [0.2, 0.25) is 5.02 Å². The second-order valence-corrected chi connectivity index (χ2v) is 6.15. The van der Waals surface area contributed by atoms with E-state index in [0.29, 0.717) is 11.6 Å². The van der Waals surface area contributed by atoms with Crippen molar-refractivity contribution in [3.05, 3.63) is 34.3 Å². The molecule has 0 saturated heterocycles. The Bertz CT molecular complexity index is 594. The van der Waals surface area contributed by atoms with E-state index < -0.39 is 11.5 Å². The van der Waals surface area contributed by atoms with E-state index in [0.717, 1.165) is 30.4 Å². The number of ether oxygens (including phenoxy) is 1. The van der Waals surface area contributed by atoms with Gasteiger partial charge in [0.25, 0.3) is 0 Å². The maximum atomic E-state index is 11.7. The highest BCUT2D eigenvalue weighted by Gasteiger charge is 2.39. The molecule has 1 N–H and O–H groups in total. The molecular formula is C16H18Cl2N2O2. The monoisotopic (exact) mass is 340 g/mol. The lowest BCUT2D eigenvalue weighted by Crippen LogP contribution is -2.32. The average Bonchev–Trinajstić information content (AvgIpc) is 2.44. The van der Waals surface area contributed by atoms with Crippen LogP contribution in [0.5, 0.6) is 0 Å². The molecule has 0 spiro atoms. The van der Waals surface area contributed by atoms with Crippen molar-refractivity contribution >= 4 is 29.3 Å². The van der Waals surface area contributed by atoms with Crippen LogP contribution in [-0.2, 0) is 14.9 Å². The lowest BCUT2D eigenvalue weighted by atomic mass is 9.65. The number of nitrogens with one attached hydrogen (secondary N) is 1. The molecule has 1 aliphatic carbocycles. The number of hydrogen-bond donors (Lipinski definition) is 1. The van der Waals surface area contributed by atoms with Crippen molar-refractivity contribution in [2.75, 3.05) is 6.61 Å². The van der Waals surface area contributed by atoms with Gasteiger partial charge in [-0.05, 0) is 61.2 Å². The maximum absolute atomic E-state index is 11.7. The van der Waals surface area contributed by atoms with Crippen LogP contribution in [0.1, 0.15) is 49.8 Å². The van der Waals surface area contributed by atoms with E-state index in [2.05, 4.69) is 10.9 Å². The van der Waals surface area contributed by atoms with Crippen molar-refractivity contribution < 1.29 is 9.53 Å². The molecule has 1 aliphatic rings. The second-order valence-electron chi connectivity index (χ2n) is 5.49. The molecule has 0 unspecified atom stereocenters. The summed E-state index contributed by atoms with van der Waals surface area (Å²) in [6.45, 7) is 2.08. The number of benzene rings is 1. The second kappa shape index (κ2) is 7.32. The third kappa shape index (κ3) is 3.55. The third-order valence-corrected chi connectivity index (χ3v) is 4.59. The van der Waals surface area contributed by atoms with Crippen LogP contribution >= 0.6 is 23.4 Å². The minimum Gasteiger partial charge on any atom is -0.466 e. The molecule has 1 atom stereocenters. The first kappa shape index (κ1) is 17.1. The highest BCUT2D eigenvalue weighted by molar-refractivity contribution is 6.30. The van der Waals surface area contributed by atoms with Gasteiger partial charge in [-0.25, -0.2) is 4.84 Å². The summed E-state index contributed by atoms with van der Waals surface area (Å²) in [6.07, 6.45) is 2.81. The lowest BCUT2D eigenvalue weighted by Gasteiger charge is -2.36. The van der Waals surface area contributed by atoms with Gasteiger partial charge < -0.3 is 4.74 Å². The third-order valence-electron chi connectivity index (χ3n) is 4.10. The van der Waals surface area contributed by atoms with Gasteiger partial charge in [-0.1, -0.05) is 17.7 Å². The number of carbonyl (C=O) groups excluding carboxylic acids is 1. The molecule has 1 aromatic rings. The van der Waals surface area contributed by atoms with E-state index in [1.807, 2.05) is 12.1 Å². The van der Waals surface area contributed by atoms with Gasteiger partial charge in [0.1, 0.15) is 0 Å². The number of halogens is 2. The Morgan fingerprint density at radius 3 is 2.73 bits per heavy atom. The van der Waals surface area contributed by atoms with Crippen molar-refractivity contribution in [3.8, 4) is 6.07 Å². The topological polar surface area (TPSA) is 62.1 Å². The fourth-order valence-corrected chi connectivity index (χ4v) is 3.14. The van der Waals surface area contributed by atoms with Gasteiger partial charge in [-0.3, -0.25) is 4.79 Å². The lowest BCUT2D eigenvalue weighted by molar-refractivity contribution is -0.143. The zero-order chi connectivity index (χ0) is 16.2. The van der Waals surface area contributed by atoms with E-state index in [1.54, 1.807) is 13.0 Å². The zero-order valence-corrected chi connectivity index (χ0v) is 13.9. The fraction of sp³-hybridized carbons (Fsp3) is 0.500. The first-order valence-electron chi connectivity index (χ1n) is 7.28. The van der Waals surface area contributed by atoms with Crippen molar-refractivity contribution in [2.24, 2.45) is 0 Å². The highest BCUT2D eigenvalue weighted by Crippen LogP contribution is 2.44. The largest absolute Gasteiger partial charge is 0.466 e. The number of carbonyl (C=O) groups is 1. The molecule has 0 aromatic heterocycles. The van der Waals surface area contributed by atoms with E-state index in [4.69, 9.17) is 28.1 Å². The predicted molar refractivity (Wildman–Crippen MR) is 85.6 cm³/mol. The normalized spacial score (nSPS) is 17.2. The number of hydrogen-bond acceptors (Lipinski definition) is 4. The standard InChI is InChI=1S/C16H18Cl2N2O2/c1-2-22-15(21)9-14(20-18)11-6-12(8-13(17)7-11)16(10-19)4-3-5-16/h6-8,14,20H,2-5,9H2,1H3/t14-/m0/s1. The summed E-state index contributed by atoms with van der Waals surface area (Å²) in [5.41, 5.74) is 1.22. The Morgan fingerprint density at radius 2 is 2.23 bits per heavy atom. The predicted octanol–water partition coefficient (Wildman–Crippen LogP) is 4.02. The van der Waals surface area contributed by atoms with Crippen LogP contribution in [0.3, 0.4) is 0 Å². The maximum Gasteiger partial charge on any atom is 0.307 e. The molecule has 0 aliphatic heterocycles. The van der Waals surface area contributed by atoms with Crippen LogP contribution in [0.15, 0.2) is 18.2 Å². The number of esters is 1. The molecule has 1 saturated carbocycles. The summed E-state index contributed by atoms with van der Waals surface area (Å²) >= 11 is 12.0. The molecule has 0 heterocycles. The molecule has 0 radical (unpaired) electrons. The van der Waals surface area contributed by atoms with Crippen molar-refractivity contribution in [2.45, 2.75) is 44.1 Å². The molecule has 22 heavy (non-hydrogen) atoms. The average molecular weight is 341 g/mol. The molecule has 6 heteroatoms. The smallest absolute Gasteiger partial charge is 0.307 e. The van der Waals surface area contributed by atoms with E-state index in [-0.39, 0.29) is 12.4 Å². The Kier molecular flexibility index (Phi) is 5.69. The van der Waals surface area contributed by atoms with Crippen LogP contribution < -0.4 is 4.84 Å². The quantitative estimate of drug-likeness (QED) is 0.627. The Hall–Kier alpha value is -1.28. The van der Waals surface area contributed by atoms with Gasteiger partial charge in [-0.15, -0.1) is 0 Å². The Labute approximate surface area is 140 Å². The Morgan fingerprint density at radius 1 is 1.50 bits per heavy atom. The Balaban J connectivity index is 2.28. The van der Waals surface area contributed by atoms with Crippen LogP contribution in [0.25, 0.3) is 0 Å². The minimum atomic E-state index is -0.458. The van der Waals surface area contributed by atoms with E-state index in [1.165, 1.54) is 0 Å². The molecule has 4 nitrogen and oxygen atoms in total. The first-order valence-corrected chi connectivity index (χ1v) is 8.04. The van der Waals surface area contributed by atoms with Crippen LogP contribution in [-0.4, -0.2) is 12.6 Å². The van der Waals surface area contributed by atoms with Gasteiger partial charge >= 0.3 is 5.97 Å². The van der Waals surface area contributed by atoms with Crippen molar-refractivity contribution in [1.29, 1.82) is 5.26 Å². The van der Waals surface area contributed by atoms with Crippen LogP contribution in [0.4, 0.5) is 0 Å². The van der Waals surface area contributed by atoms with Gasteiger partial charge in [0.05, 0.1) is 30.6 Å². The van der Waals surface area contributed by atoms with Gasteiger partial charge in [0.2, 0.25) is 0 Å². The summed E-state index contributed by atoms with van der Waals surface area (Å²) in [5, 5.41) is 10.0. The van der Waals surface area contributed by atoms with E-state index in [9.17, 15) is 10.1 Å². The van der Waals surface area contributed by atoms with E-state index >= 15 is 0 Å². The summed E-state index contributed by atoms with van der Waals surface area (Å²) in [7, 11) is 0. The number of nitrogens with zero attached hydrogens (tertiary/aromatic N) is 1. The van der Waals surface area contributed by atoms with Crippen LogP contribution in [0, 0.1) is 11.3 Å². The fourth-order valence-electron chi connectivity index (χ4n) is 2.69. The molecule has 0 amide bonds. The van der Waals surface area contributed by atoms with Gasteiger partial charge in [0.15, 0.2) is 0 Å². The zero-order valence-electron chi connectivity index (χ0n) is 12.4. The summed E-state index contributed by atoms with van der Waals surface area (Å²) < 4.78 is 4.95. The van der Waals surface area contributed by atoms with Crippen molar-refractivity contribution in [1.82, 2.24) is 4.84 Å². The first-order chi connectivity index (χ1) is 10.5. The van der Waals surface area contributed by atoms with Gasteiger partial charge in [-0.2, -0.15) is 5.26 Å². The summed E-state index contributed by atoms with van der Waals surface area (Å²) in [6, 6.07) is 7.48.